The minimum absolute atomic E-state index is 0.0250. The number of rotatable bonds is 4. The Labute approximate surface area is 161 Å². The van der Waals surface area contributed by atoms with Crippen molar-refractivity contribution < 1.29 is 14.0 Å². The lowest BCUT2D eigenvalue weighted by Crippen LogP contribution is -2.30. The first-order valence-corrected chi connectivity index (χ1v) is 9.37. The maximum absolute atomic E-state index is 12.9. The molecule has 1 aliphatic rings. The number of hydrogen-bond acceptors (Lipinski definition) is 4. The zero-order valence-electron chi connectivity index (χ0n) is 15.3. The largest absolute Gasteiger partial charge is 0.326 e. The number of hydrogen-bond donors (Lipinski definition) is 1. The van der Waals surface area contributed by atoms with Gasteiger partial charge in [0.25, 0.3) is 0 Å². The summed E-state index contributed by atoms with van der Waals surface area (Å²) >= 11 is 1.28. The van der Waals surface area contributed by atoms with Crippen LogP contribution in [0.15, 0.2) is 47.5 Å². The second-order valence-electron chi connectivity index (χ2n) is 6.43. The molecule has 0 bridgehead atoms. The average Bonchev–Trinajstić information content (AvgIpc) is 2.88. The van der Waals surface area contributed by atoms with E-state index in [0.29, 0.717) is 10.9 Å². The van der Waals surface area contributed by atoms with Crippen molar-refractivity contribution in [2.75, 3.05) is 12.4 Å². The predicted molar refractivity (Wildman–Crippen MR) is 107 cm³/mol. The van der Waals surface area contributed by atoms with Gasteiger partial charge in [-0.3, -0.25) is 14.5 Å². The fraction of sp³-hybridized carbons (Fsp3) is 0.250. The quantitative estimate of drug-likeness (QED) is 0.864. The third kappa shape index (κ3) is 4.54. The number of carbonyl (C=O) groups is 2. The number of nitrogens with zero attached hydrogens (tertiary/aromatic N) is 2. The normalized spacial score (nSPS) is 18.2. The summed E-state index contributed by atoms with van der Waals surface area (Å²) in [5.41, 5.74) is 3.58. The number of amidine groups is 1. The van der Waals surface area contributed by atoms with Gasteiger partial charge in [-0.15, -0.1) is 0 Å². The Morgan fingerprint density at radius 3 is 2.56 bits per heavy atom. The van der Waals surface area contributed by atoms with Crippen LogP contribution in [0.5, 0.6) is 0 Å². The van der Waals surface area contributed by atoms with Crippen LogP contribution in [-0.2, 0) is 9.59 Å². The fourth-order valence-electron chi connectivity index (χ4n) is 2.62. The van der Waals surface area contributed by atoms with Crippen molar-refractivity contribution in [3.05, 3.63) is 59.4 Å². The summed E-state index contributed by atoms with van der Waals surface area (Å²) < 4.78 is 12.9. The van der Waals surface area contributed by atoms with E-state index in [-0.39, 0.29) is 24.1 Å². The second-order valence-corrected chi connectivity index (χ2v) is 7.60. The lowest BCUT2D eigenvalue weighted by Gasteiger charge is -2.09. The molecule has 0 radical (unpaired) electrons. The van der Waals surface area contributed by atoms with Gasteiger partial charge in [0, 0.05) is 19.2 Å². The van der Waals surface area contributed by atoms with E-state index in [2.05, 4.69) is 10.3 Å². The average molecular weight is 385 g/mol. The first kappa shape index (κ1) is 19.1. The van der Waals surface area contributed by atoms with Crippen molar-refractivity contribution in [2.24, 2.45) is 4.99 Å². The molecule has 2 amide bonds. The SMILES string of the molecule is Cc1ccc(N=C2SC(CC(=O)Nc3ccc(F)cc3)C(=O)N2C)cc1C. The summed E-state index contributed by atoms with van der Waals surface area (Å²) in [6.45, 7) is 4.04. The van der Waals surface area contributed by atoms with E-state index < -0.39 is 5.25 Å². The number of anilines is 1. The molecule has 1 N–H and O–H groups in total. The van der Waals surface area contributed by atoms with Crippen molar-refractivity contribution >= 4 is 40.1 Å². The molecule has 27 heavy (non-hydrogen) atoms. The zero-order chi connectivity index (χ0) is 19.6. The molecule has 2 aromatic rings. The molecule has 1 heterocycles. The van der Waals surface area contributed by atoms with Gasteiger partial charge in [-0.1, -0.05) is 17.8 Å². The van der Waals surface area contributed by atoms with Crippen molar-refractivity contribution in [1.29, 1.82) is 0 Å². The van der Waals surface area contributed by atoms with Gasteiger partial charge in [0.15, 0.2) is 5.17 Å². The van der Waals surface area contributed by atoms with E-state index in [4.69, 9.17) is 0 Å². The maximum atomic E-state index is 12.9. The van der Waals surface area contributed by atoms with E-state index in [1.807, 2.05) is 32.0 Å². The van der Waals surface area contributed by atoms with Crippen molar-refractivity contribution in [3.63, 3.8) is 0 Å². The van der Waals surface area contributed by atoms with Gasteiger partial charge in [0.2, 0.25) is 11.8 Å². The predicted octanol–water partition coefficient (Wildman–Crippen LogP) is 4.03. The number of halogens is 1. The highest BCUT2D eigenvalue weighted by Gasteiger charge is 2.37. The molecule has 3 rings (SSSR count). The molecule has 0 saturated carbocycles. The molecule has 140 valence electrons. The monoisotopic (exact) mass is 385 g/mol. The molecule has 0 spiro atoms. The second kappa shape index (κ2) is 7.92. The van der Waals surface area contributed by atoms with Crippen LogP contribution in [0.1, 0.15) is 17.5 Å². The number of carbonyl (C=O) groups excluding carboxylic acids is 2. The Kier molecular flexibility index (Phi) is 5.60. The molecule has 2 aromatic carbocycles. The van der Waals surface area contributed by atoms with Crippen LogP contribution in [0.4, 0.5) is 15.8 Å². The molecule has 1 unspecified atom stereocenters. The minimum Gasteiger partial charge on any atom is -0.326 e. The molecule has 0 aromatic heterocycles. The zero-order valence-corrected chi connectivity index (χ0v) is 16.1. The molecule has 7 heteroatoms. The number of aliphatic imine (C=N–C) groups is 1. The Morgan fingerprint density at radius 1 is 1.19 bits per heavy atom. The van der Waals surface area contributed by atoms with Crippen LogP contribution in [0.25, 0.3) is 0 Å². The van der Waals surface area contributed by atoms with E-state index in [1.165, 1.54) is 46.5 Å². The first-order valence-electron chi connectivity index (χ1n) is 8.49. The summed E-state index contributed by atoms with van der Waals surface area (Å²) in [7, 11) is 1.66. The smallest absolute Gasteiger partial charge is 0.242 e. The lowest BCUT2D eigenvalue weighted by molar-refractivity contribution is -0.127. The van der Waals surface area contributed by atoms with Gasteiger partial charge in [-0.05, 0) is 61.4 Å². The van der Waals surface area contributed by atoms with Gasteiger partial charge in [-0.25, -0.2) is 9.38 Å². The lowest BCUT2D eigenvalue weighted by atomic mass is 10.1. The number of benzene rings is 2. The van der Waals surface area contributed by atoms with Crippen molar-refractivity contribution in [2.45, 2.75) is 25.5 Å². The Balaban J connectivity index is 1.67. The molecule has 1 fully saturated rings. The molecule has 1 aliphatic heterocycles. The van der Waals surface area contributed by atoms with Gasteiger partial charge in [0.05, 0.1) is 5.69 Å². The van der Waals surface area contributed by atoms with Crippen LogP contribution in [-0.4, -0.2) is 34.2 Å². The first-order chi connectivity index (χ1) is 12.8. The van der Waals surface area contributed by atoms with Crippen LogP contribution >= 0.6 is 11.8 Å². The molecular formula is C20H20FN3O2S. The minimum atomic E-state index is -0.527. The van der Waals surface area contributed by atoms with Crippen LogP contribution in [0, 0.1) is 19.7 Å². The third-order valence-electron chi connectivity index (χ3n) is 4.35. The Morgan fingerprint density at radius 2 is 1.89 bits per heavy atom. The Hall–Kier alpha value is -2.67. The van der Waals surface area contributed by atoms with Gasteiger partial charge < -0.3 is 5.32 Å². The molecular weight excluding hydrogens is 365 g/mol. The summed E-state index contributed by atoms with van der Waals surface area (Å²) in [5, 5.41) is 2.73. The maximum Gasteiger partial charge on any atom is 0.242 e. The number of nitrogens with one attached hydrogen (secondary N) is 1. The van der Waals surface area contributed by atoms with Gasteiger partial charge in [0.1, 0.15) is 11.1 Å². The van der Waals surface area contributed by atoms with Crippen molar-refractivity contribution in [1.82, 2.24) is 4.90 Å². The fourth-order valence-corrected chi connectivity index (χ4v) is 3.77. The highest BCUT2D eigenvalue weighted by Crippen LogP contribution is 2.31. The van der Waals surface area contributed by atoms with Gasteiger partial charge >= 0.3 is 0 Å². The molecule has 1 atom stereocenters. The highest BCUT2D eigenvalue weighted by molar-refractivity contribution is 8.15. The van der Waals surface area contributed by atoms with Crippen LogP contribution in [0.2, 0.25) is 0 Å². The summed E-state index contributed by atoms with van der Waals surface area (Å²) in [6.07, 6.45) is 0.0250. The topological polar surface area (TPSA) is 61.8 Å². The summed E-state index contributed by atoms with van der Waals surface area (Å²) in [4.78, 5) is 30.7. The summed E-state index contributed by atoms with van der Waals surface area (Å²) in [6, 6.07) is 11.4. The van der Waals surface area contributed by atoms with Crippen LogP contribution in [0.3, 0.4) is 0 Å². The molecule has 0 aliphatic carbocycles. The standard InChI is InChI=1S/C20H20FN3O2S/c1-12-4-7-16(10-13(12)2)23-20-24(3)19(26)17(27-20)11-18(25)22-15-8-5-14(21)6-9-15/h4-10,17H,11H2,1-3H3,(H,22,25). The van der Waals surface area contributed by atoms with E-state index in [9.17, 15) is 14.0 Å². The third-order valence-corrected chi connectivity index (χ3v) is 5.58. The van der Waals surface area contributed by atoms with E-state index in [0.717, 1.165) is 11.3 Å². The van der Waals surface area contributed by atoms with Crippen molar-refractivity contribution in [3.8, 4) is 0 Å². The number of thioether (sulfide) groups is 1. The van der Waals surface area contributed by atoms with Crippen LogP contribution < -0.4 is 5.32 Å². The van der Waals surface area contributed by atoms with Gasteiger partial charge in [-0.2, -0.15) is 0 Å². The number of amides is 2. The Bertz CT molecular complexity index is 912. The molecule has 5 nitrogen and oxygen atoms in total. The molecule has 1 saturated heterocycles. The highest BCUT2D eigenvalue weighted by atomic mass is 32.2. The van der Waals surface area contributed by atoms with E-state index >= 15 is 0 Å². The summed E-state index contributed by atoms with van der Waals surface area (Å²) in [5.74, 6) is -0.825. The van der Waals surface area contributed by atoms with E-state index in [1.54, 1.807) is 7.05 Å². The number of aryl methyl sites for hydroxylation is 2.